The van der Waals surface area contributed by atoms with Crippen molar-refractivity contribution in [1.82, 2.24) is 9.13 Å². The molecule has 0 spiro atoms. The standard InChI is InChI=1S/C81H59N3S/c1-81(2)71-37-31-52(54-34-40-75-67(46-54)63-35-36-64-62-28-16-18-30-78(62)85-80(64)79(63)84(75)59-25-13-6-14-26-59)44-65(71)66-45-53(32-38-72(66)81)55-33-39-74-68(47-55)70-49-76-69(61-27-15-17-29-73(61)82(76)58-23-11-5-12-24-58)48-77(70)83(74)60-42-56(50-19-7-3-8-20-50)41-57(43-60)51-21-9-4-10-22-51/h3-15,17-27,29-47,49,62,77-78H,16,28,48H2,1-2H3. The minimum Gasteiger partial charge on any atom is -0.333 e. The Hall–Kier alpha value is -9.61. The molecule has 13 aromatic rings. The zero-order valence-corrected chi connectivity index (χ0v) is 48.3. The van der Waals surface area contributed by atoms with Crippen LogP contribution in [0.15, 0.2) is 266 Å². The van der Waals surface area contributed by atoms with Gasteiger partial charge in [0.1, 0.15) is 0 Å². The number of benzene rings is 11. The van der Waals surface area contributed by atoms with E-state index in [1.807, 2.05) is 0 Å². The third-order valence-corrected chi connectivity index (χ3v) is 21.1. The van der Waals surface area contributed by atoms with E-state index in [-0.39, 0.29) is 11.5 Å². The Bertz CT molecular complexity index is 4930. The lowest BCUT2D eigenvalue weighted by Gasteiger charge is -2.31. The van der Waals surface area contributed by atoms with E-state index in [0.29, 0.717) is 11.2 Å². The maximum Gasteiger partial charge on any atom is 0.0680 e. The van der Waals surface area contributed by atoms with Crippen molar-refractivity contribution < 1.29 is 0 Å². The molecule has 0 bridgehead atoms. The molecule has 0 N–H and O–H groups in total. The van der Waals surface area contributed by atoms with Gasteiger partial charge in [-0.25, -0.2) is 0 Å². The number of rotatable bonds is 7. The van der Waals surface area contributed by atoms with Gasteiger partial charge in [0.25, 0.3) is 0 Å². The average molecular weight is 1110 g/mol. The minimum absolute atomic E-state index is 0.0732. The van der Waals surface area contributed by atoms with E-state index in [0.717, 1.165) is 12.8 Å². The quantitative estimate of drug-likeness (QED) is 0.148. The summed E-state index contributed by atoms with van der Waals surface area (Å²) in [6.45, 7) is 4.81. The van der Waals surface area contributed by atoms with Gasteiger partial charge < -0.3 is 14.0 Å². The number of nitrogens with zero attached hydrogens (tertiary/aromatic N) is 3. The Morgan fingerprint density at radius 3 is 1.71 bits per heavy atom. The number of fused-ring (bicyclic) bond motifs is 16. The maximum atomic E-state index is 2.66. The van der Waals surface area contributed by atoms with Gasteiger partial charge in [-0.2, -0.15) is 0 Å². The van der Waals surface area contributed by atoms with Crippen LogP contribution in [-0.2, 0) is 11.8 Å². The van der Waals surface area contributed by atoms with Crippen molar-refractivity contribution in [3.63, 3.8) is 0 Å². The number of anilines is 2. The molecule has 4 heterocycles. The first kappa shape index (κ1) is 48.9. The van der Waals surface area contributed by atoms with Gasteiger partial charge in [-0.15, -0.1) is 11.8 Å². The molecule has 5 aliphatic rings. The van der Waals surface area contributed by atoms with E-state index in [9.17, 15) is 0 Å². The van der Waals surface area contributed by atoms with Crippen molar-refractivity contribution in [2.24, 2.45) is 0 Å². The van der Waals surface area contributed by atoms with Crippen LogP contribution in [0.5, 0.6) is 0 Å². The molecule has 85 heavy (non-hydrogen) atoms. The van der Waals surface area contributed by atoms with Crippen molar-refractivity contribution in [3.05, 3.63) is 294 Å². The van der Waals surface area contributed by atoms with Gasteiger partial charge in [-0.1, -0.05) is 190 Å². The van der Waals surface area contributed by atoms with Crippen LogP contribution in [0.4, 0.5) is 11.4 Å². The summed E-state index contributed by atoms with van der Waals surface area (Å²) in [5, 5.41) is 4.45. The van der Waals surface area contributed by atoms with Crippen molar-refractivity contribution >= 4 is 67.5 Å². The summed E-state index contributed by atoms with van der Waals surface area (Å²) in [5.74, 6) is 0.577. The molecule has 404 valence electrons. The van der Waals surface area contributed by atoms with Crippen LogP contribution in [0.3, 0.4) is 0 Å². The van der Waals surface area contributed by atoms with Crippen LogP contribution in [-0.4, -0.2) is 20.4 Å². The van der Waals surface area contributed by atoms with Crippen LogP contribution in [0.25, 0.3) is 111 Å². The molecule has 0 radical (unpaired) electrons. The van der Waals surface area contributed by atoms with Crippen LogP contribution in [0.2, 0.25) is 0 Å². The van der Waals surface area contributed by atoms with Crippen LogP contribution in [0.1, 0.15) is 66.1 Å². The van der Waals surface area contributed by atoms with Crippen molar-refractivity contribution in [2.45, 2.75) is 60.6 Å². The van der Waals surface area contributed by atoms with Crippen molar-refractivity contribution in [2.75, 3.05) is 4.90 Å². The molecule has 3 nitrogen and oxygen atoms in total. The molecule has 18 rings (SSSR count). The molecule has 2 aromatic heterocycles. The smallest absolute Gasteiger partial charge is 0.0680 e. The van der Waals surface area contributed by atoms with Gasteiger partial charge in [0.15, 0.2) is 0 Å². The lowest BCUT2D eigenvalue weighted by molar-refractivity contribution is 0.634. The van der Waals surface area contributed by atoms with Crippen LogP contribution < -0.4 is 4.90 Å². The summed E-state index contributed by atoms with van der Waals surface area (Å²) in [4.78, 5) is 4.12. The first-order valence-corrected chi connectivity index (χ1v) is 31.2. The largest absolute Gasteiger partial charge is 0.333 e. The fraction of sp³-hybridized carbons (Fsp3) is 0.111. The molecular formula is C81H59N3S. The highest BCUT2D eigenvalue weighted by Gasteiger charge is 2.41. The number of para-hydroxylation sites is 3. The molecule has 3 aliphatic carbocycles. The van der Waals surface area contributed by atoms with E-state index < -0.39 is 0 Å². The van der Waals surface area contributed by atoms with E-state index in [1.54, 1.807) is 0 Å². The first-order chi connectivity index (χ1) is 41.9. The lowest BCUT2D eigenvalue weighted by atomic mass is 9.82. The van der Waals surface area contributed by atoms with Crippen LogP contribution >= 0.6 is 11.8 Å². The van der Waals surface area contributed by atoms with E-state index >= 15 is 0 Å². The fourth-order valence-corrected chi connectivity index (χ4v) is 17.2. The molecule has 4 heteroatoms. The zero-order valence-electron chi connectivity index (χ0n) is 47.5. The van der Waals surface area contributed by atoms with E-state index in [1.165, 1.54) is 161 Å². The Morgan fingerprint density at radius 2 is 1.02 bits per heavy atom. The minimum atomic E-state index is -0.153. The summed E-state index contributed by atoms with van der Waals surface area (Å²) >= 11 is 2.07. The number of hydrogen-bond donors (Lipinski definition) is 0. The van der Waals surface area contributed by atoms with Gasteiger partial charge in [0.05, 0.1) is 28.3 Å². The number of thioether (sulfide) groups is 1. The molecule has 0 amide bonds. The molecule has 0 saturated heterocycles. The van der Waals surface area contributed by atoms with E-state index in [4.69, 9.17) is 0 Å². The predicted octanol–water partition coefficient (Wildman–Crippen LogP) is 21.2. The molecule has 0 saturated carbocycles. The van der Waals surface area contributed by atoms with Crippen LogP contribution in [0, 0.1) is 0 Å². The summed E-state index contributed by atoms with van der Waals surface area (Å²) < 4.78 is 5.03. The summed E-state index contributed by atoms with van der Waals surface area (Å²) in [5.41, 5.74) is 30.5. The molecule has 11 aromatic carbocycles. The van der Waals surface area contributed by atoms with Gasteiger partial charge in [-0.05, 0) is 187 Å². The number of aromatic nitrogens is 2. The molecular weight excluding hydrogens is 1050 g/mol. The van der Waals surface area contributed by atoms with Crippen molar-refractivity contribution in [1.29, 1.82) is 0 Å². The highest BCUT2D eigenvalue weighted by atomic mass is 32.2. The lowest BCUT2D eigenvalue weighted by Crippen LogP contribution is -2.30. The van der Waals surface area contributed by atoms with Gasteiger partial charge in [0.2, 0.25) is 0 Å². The van der Waals surface area contributed by atoms with E-state index in [2.05, 4.69) is 307 Å². The zero-order chi connectivity index (χ0) is 56.1. The Morgan fingerprint density at radius 1 is 0.447 bits per heavy atom. The SMILES string of the molecule is CC1(C)c2ccc(-c3ccc4c(c3)C3=Cc5c(c6ccccc6n5-c5ccccc5)CC3N4c3cc(-c4ccccc4)cc(-c4ccccc4)c3)cc2-c2cc(-c3ccc4c(c3)c3ccc5c(c3n4-c3ccccc3)SC3C=CCCC53)ccc21. The number of hydrogen-bond acceptors (Lipinski definition) is 2. The van der Waals surface area contributed by atoms with Gasteiger partial charge in [-0.3, -0.25) is 0 Å². The second-order valence-electron chi connectivity index (χ2n) is 24.6. The Kier molecular flexibility index (Phi) is 10.8. The first-order valence-electron chi connectivity index (χ1n) is 30.3. The van der Waals surface area contributed by atoms with Crippen molar-refractivity contribution in [3.8, 4) is 67.0 Å². The monoisotopic (exact) mass is 1110 g/mol. The topological polar surface area (TPSA) is 13.1 Å². The summed E-state index contributed by atoms with van der Waals surface area (Å²) in [6.07, 6.45) is 10.6. The molecule has 3 unspecified atom stereocenters. The summed E-state index contributed by atoms with van der Waals surface area (Å²) in [6, 6.07) is 94.0. The highest BCUT2D eigenvalue weighted by Crippen LogP contribution is 2.57. The normalized spacial score (nSPS) is 17.6. The third kappa shape index (κ3) is 7.41. The maximum absolute atomic E-state index is 2.66. The predicted molar refractivity (Wildman–Crippen MR) is 358 cm³/mol. The molecule has 0 fully saturated rings. The number of allylic oxidation sites excluding steroid dienone is 1. The van der Waals surface area contributed by atoms with Gasteiger partial charge >= 0.3 is 0 Å². The Labute approximate surface area is 500 Å². The molecule has 2 aliphatic heterocycles. The Balaban J connectivity index is 0.780. The highest BCUT2D eigenvalue weighted by molar-refractivity contribution is 8.00. The average Bonchev–Trinajstić information content (AvgIpc) is 1.68. The summed E-state index contributed by atoms with van der Waals surface area (Å²) in [7, 11) is 0. The second kappa shape index (κ2) is 18.7. The third-order valence-electron chi connectivity index (χ3n) is 19.7. The molecule has 3 atom stereocenters. The van der Waals surface area contributed by atoms with Gasteiger partial charge in [0, 0.05) is 72.4 Å². The fourth-order valence-electron chi connectivity index (χ4n) is 15.6. The second-order valence-corrected chi connectivity index (χ2v) is 25.8.